The lowest BCUT2D eigenvalue weighted by atomic mass is 10.1. The van der Waals surface area contributed by atoms with E-state index in [4.69, 9.17) is 14.7 Å². The summed E-state index contributed by atoms with van der Waals surface area (Å²) in [4.78, 5) is 4.28. The molecule has 1 aromatic carbocycles. The number of anilines is 1. The Morgan fingerprint density at radius 2 is 1.91 bits per heavy atom. The van der Waals surface area contributed by atoms with E-state index in [0.29, 0.717) is 5.69 Å². The number of nitriles is 1. The van der Waals surface area contributed by atoms with Gasteiger partial charge in [0.05, 0.1) is 14.2 Å². The zero-order valence-electron chi connectivity index (χ0n) is 13.7. The van der Waals surface area contributed by atoms with Crippen LogP contribution in [0.2, 0.25) is 0 Å². The molecule has 0 bridgehead atoms. The molecule has 23 heavy (non-hydrogen) atoms. The van der Waals surface area contributed by atoms with Crippen LogP contribution in [-0.4, -0.2) is 25.7 Å². The fourth-order valence-corrected chi connectivity index (χ4v) is 2.29. The molecule has 0 aliphatic carbocycles. The van der Waals surface area contributed by atoms with E-state index in [0.717, 1.165) is 42.3 Å². The fourth-order valence-electron chi connectivity index (χ4n) is 2.29. The number of hydrogen-bond acceptors (Lipinski definition) is 5. The van der Waals surface area contributed by atoms with Crippen molar-refractivity contribution in [3.05, 3.63) is 47.2 Å². The molecule has 1 N–H and O–H groups in total. The van der Waals surface area contributed by atoms with Gasteiger partial charge in [-0.05, 0) is 49.1 Å². The quantitative estimate of drug-likeness (QED) is 0.794. The van der Waals surface area contributed by atoms with E-state index in [1.54, 1.807) is 14.2 Å². The van der Waals surface area contributed by atoms with Gasteiger partial charge in [0.15, 0.2) is 11.5 Å². The zero-order valence-corrected chi connectivity index (χ0v) is 13.7. The highest BCUT2D eigenvalue weighted by Gasteiger charge is 2.05. The summed E-state index contributed by atoms with van der Waals surface area (Å²) in [5, 5.41) is 12.2. The minimum absolute atomic E-state index is 0.467. The minimum atomic E-state index is 0.467. The van der Waals surface area contributed by atoms with Crippen LogP contribution in [0.4, 0.5) is 5.82 Å². The third-order valence-electron chi connectivity index (χ3n) is 3.60. The molecular weight excluding hydrogens is 290 g/mol. The number of nitrogens with one attached hydrogen (secondary N) is 1. The van der Waals surface area contributed by atoms with Gasteiger partial charge in [-0.3, -0.25) is 0 Å². The molecule has 0 unspecified atom stereocenters. The Morgan fingerprint density at radius 3 is 2.61 bits per heavy atom. The fraction of sp³-hybridized carbons (Fsp3) is 0.333. The summed E-state index contributed by atoms with van der Waals surface area (Å²) in [5.74, 6) is 2.22. The number of aromatic nitrogens is 1. The summed E-state index contributed by atoms with van der Waals surface area (Å²) in [7, 11) is 3.27. The topological polar surface area (TPSA) is 67.2 Å². The maximum absolute atomic E-state index is 8.99. The predicted molar refractivity (Wildman–Crippen MR) is 90.0 cm³/mol. The molecule has 1 heterocycles. The van der Waals surface area contributed by atoms with E-state index < -0.39 is 0 Å². The van der Waals surface area contributed by atoms with Crippen molar-refractivity contribution < 1.29 is 9.47 Å². The van der Waals surface area contributed by atoms with Crippen LogP contribution < -0.4 is 14.8 Å². The smallest absolute Gasteiger partial charge is 0.160 e. The predicted octanol–water partition coefficient (Wildman–Crippen LogP) is 3.32. The number of pyridine rings is 1. The standard InChI is InChI=1S/C18H21N3O2/c1-13-6-9-18(21-15(13)12-19)20-10-4-5-14-7-8-16(22-2)17(11-14)23-3/h6-9,11H,4-5,10H2,1-3H3,(H,20,21). The highest BCUT2D eigenvalue weighted by molar-refractivity contribution is 5.43. The van der Waals surface area contributed by atoms with Gasteiger partial charge in [0.1, 0.15) is 17.6 Å². The average Bonchev–Trinajstić information content (AvgIpc) is 2.59. The van der Waals surface area contributed by atoms with Gasteiger partial charge in [-0.2, -0.15) is 5.26 Å². The molecule has 0 amide bonds. The first-order valence-electron chi connectivity index (χ1n) is 7.50. The largest absolute Gasteiger partial charge is 0.493 e. The number of ether oxygens (including phenoxy) is 2. The van der Waals surface area contributed by atoms with Crippen LogP contribution in [0, 0.1) is 18.3 Å². The molecule has 120 valence electrons. The van der Waals surface area contributed by atoms with E-state index >= 15 is 0 Å². The number of aryl methyl sites for hydroxylation is 2. The third kappa shape index (κ3) is 4.36. The van der Waals surface area contributed by atoms with Gasteiger partial charge < -0.3 is 14.8 Å². The molecule has 5 nitrogen and oxygen atoms in total. The molecule has 2 aromatic rings. The third-order valence-corrected chi connectivity index (χ3v) is 3.60. The Labute approximate surface area is 136 Å². The van der Waals surface area contributed by atoms with Crippen molar-refractivity contribution in [1.82, 2.24) is 4.98 Å². The molecular formula is C18H21N3O2. The lowest BCUT2D eigenvalue weighted by molar-refractivity contribution is 0.354. The lowest BCUT2D eigenvalue weighted by Crippen LogP contribution is -2.05. The summed E-state index contributed by atoms with van der Waals surface area (Å²) in [6, 6.07) is 11.9. The van der Waals surface area contributed by atoms with Crippen LogP contribution in [0.5, 0.6) is 11.5 Å². The van der Waals surface area contributed by atoms with Crippen LogP contribution in [-0.2, 0) is 6.42 Å². The van der Waals surface area contributed by atoms with Gasteiger partial charge in [-0.1, -0.05) is 12.1 Å². The van der Waals surface area contributed by atoms with Gasteiger partial charge in [-0.15, -0.1) is 0 Å². The first-order valence-corrected chi connectivity index (χ1v) is 7.50. The van der Waals surface area contributed by atoms with Crippen LogP contribution >= 0.6 is 0 Å². The van der Waals surface area contributed by atoms with Gasteiger partial charge in [0, 0.05) is 6.54 Å². The molecule has 0 atom stereocenters. The first kappa shape index (κ1) is 16.6. The number of rotatable bonds is 7. The second-order valence-corrected chi connectivity index (χ2v) is 5.19. The van der Waals surface area contributed by atoms with Gasteiger partial charge in [0.2, 0.25) is 0 Å². The molecule has 5 heteroatoms. The maximum atomic E-state index is 8.99. The van der Waals surface area contributed by atoms with Crippen molar-refractivity contribution in [3.63, 3.8) is 0 Å². The summed E-state index contributed by atoms with van der Waals surface area (Å²) >= 11 is 0. The van der Waals surface area contributed by atoms with Gasteiger partial charge >= 0.3 is 0 Å². The zero-order chi connectivity index (χ0) is 16.7. The van der Waals surface area contributed by atoms with Crippen LogP contribution in [0.25, 0.3) is 0 Å². The monoisotopic (exact) mass is 311 g/mol. The minimum Gasteiger partial charge on any atom is -0.493 e. The van der Waals surface area contributed by atoms with Crippen LogP contribution in [0.1, 0.15) is 23.2 Å². The second-order valence-electron chi connectivity index (χ2n) is 5.19. The second kappa shape index (κ2) is 8.04. The Morgan fingerprint density at radius 1 is 1.13 bits per heavy atom. The molecule has 0 radical (unpaired) electrons. The first-order chi connectivity index (χ1) is 11.2. The van der Waals surface area contributed by atoms with Crippen molar-refractivity contribution in [2.24, 2.45) is 0 Å². The highest BCUT2D eigenvalue weighted by Crippen LogP contribution is 2.27. The normalized spacial score (nSPS) is 10.0. The van der Waals surface area contributed by atoms with Gasteiger partial charge in [0.25, 0.3) is 0 Å². The number of benzene rings is 1. The molecule has 0 aliphatic rings. The molecule has 0 fully saturated rings. The Kier molecular flexibility index (Phi) is 5.81. The number of nitrogens with zero attached hydrogens (tertiary/aromatic N) is 2. The number of hydrogen-bond donors (Lipinski definition) is 1. The SMILES string of the molecule is COc1ccc(CCCNc2ccc(C)c(C#N)n2)cc1OC. The molecule has 2 rings (SSSR count). The van der Waals surface area contributed by atoms with Crippen molar-refractivity contribution in [1.29, 1.82) is 5.26 Å². The molecule has 0 spiro atoms. The molecule has 0 saturated heterocycles. The highest BCUT2D eigenvalue weighted by atomic mass is 16.5. The Hall–Kier alpha value is -2.74. The van der Waals surface area contributed by atoms with Gasteiger partial charge in [-0.25, -0.2) is 4.98 Å². The van der Waals surface area contributed by atoms with Crippen molar-refractivity contribution in [3.8, 4) is 17.6 Å². The van der Waals surface area contributed by atoms with Crippen LogP contribution in [0.15, 0.2) is 30.3 Å². The summed E-state index contributed by atoms with van der Waals surface area (Å²) in [6.45, 7) is 2.67. The van der Waals surface area contributed by atoms with Crippen LogP contribution in [0.3, 0.4) is 0 Å². The Bertz CT molecular complexity index is 708. The lowest BCUT2D eigenvalue weighted by Gasteiger charge is -2.10. The summed E-state index contributed by atoms with van der Waals surface area (Å²) in [5.41, 5.74) is 2.55. The molecule has 1 aromatic heterocycles. The maximum Gasteiger partial charge on any atom is 0.160 e. The van der Waals surface area contributed by atoms with E-state index in [1.165, 1.54) is 5.56 Å². The summed E-state index contributed by atoms with van der Waals surface area (Å²) < 4.78 is 10.5. The summed E-state index contributed by atoms with van der Waals surface area (Å²) in [6.07, 6.45) is 1.87. The van der Waals surface area contributed by atoms with E-state index in [-0.39, 0.29) is 0 Å². The molecule has 0 aliphatic heterocycles. The van der Waals surface area contributed by atoms with Crippen molar-refractivity contribution in [2.75, 3.05) is 26.1 Å². The van der Waals surface area contributed by atoms with E-state index in [2.05, 4.69) is 16.4 Å². The van der Waals surface area contributed by atoms with Crippen molar-refractivity contribution in [2.45, 2.75) is 19.8 Å². The van der Waals surface area contributed by atoms with E-state index in [1.807, 2.05) is 37.3 Å². The molecule has 0 saturated carbocycles. The average molecular weight is 311 g/mol. The van der Waals surface area contributed by atoms with Crippen molar-refractivity contribution >= 4 is 5.82 Å². The number of methoxy groups -OCH3 is 2. The Balaban J connectivity index is 1.87. The van der Waals surface area contributed by atoms with E-state index in [9.17, 15) is 0 Å².